The van der Waals surface area contributed by atoms with E-state index in [2.05, 4.69) is 25.9 Å². The SMILES string of the molecule is Fc1ccccc1-c1nc2c([nH]1)CN(C1CCc3ncccc3C1)CC2. The number of rotatable bonds is 2. The number of imidazole rings is 1. The molecular formula is C21H21FN4. The van der Waals surface area contributed by atoms with Gasteiger partial charge in [0.2, 0.25) is 0 Å². The zero-order valence-electron chi connectivity index (χ0n) is 14.6. The molecule has 5 heteroatoms. The Morgan fingerprint density at radius 1 is 1.08 bits per heavy atom. The topological polar surface area (TPSA) is 44.8 Å². The highest BCUT2D eigenvalue weighted by atomic mass is 19.1. The highest BCUT2D eigenvalue weighted by Crippen LogP contribution is 2.29. The van der Waals surface area contributed by atoms with E-state index in [-0.39, 0.29) is 5.82 Å². The van der Waals surface area contributed by atoms with Crippen molar-refractivity contribution >= 4 is 0 Å². The Morgan fingerprint density at radius 2 is 2.00 bits per heavy atom. The van der Waals surface area contributed by atoms with E-state index in [1.165, 1.54) is 17.3 Å². The van der Waals surface area contributed by atoms with Crippen LogP contribution in [0.3, 0.4) is 0 Å². The van der Waals surface area contributed by atoms with Gasteiger partial charge in [-0.25, -0.2) is 9.37 Å². The van der Waals surface area contributed by atoms with Crippen LogP contribution in [0.25, 0.3) is 11.4 Å². The zero-order chi connectivity index (χ0) is 17.5. The third kappa shape index (κ3) is 2.72. The van der Waals surface area contributed by atoms with Crippen LogP contribution in [0.2, 0.25) is 0 Å². The summed E-state index contributed by atoms with van der Waals surface area (Å²) in [5, 5.41) is 0. The lowest BCUT2D eigenvalue weighted by atomic mass is 9.90. The summed E-state index contributed by atoms with van der Waals surface area (Å²) < 4.78 is 14.1. The van der Waals surface area contributed by atoms with Crippen LogP contribution in [-0.4, -0.2) is 32.4 Å². The summed E-state index contributed by atoms with van der Waals surface area (Å²) in [6, 6.07) is 11.6. The molecule has 1 aliphatic heterocycles. The fourth-order valence-electron chi connectivity index (χ4n) is 4.26. The Bertz CT molecular complexity index is 949. The molecule has 5 rings (SSSR count). The van der Waals surface area contributed by atoms with Gasteiger partial charge in [-0.05, 0) is 43.0 Å². The van der Waals surface area contributed by atoms with Gasteiger partial charge in [-0.15, -0.1) is 0 Å². The van der Waals surface area contributed by atoms with Gasteiger partial charge in [-0.2, -0.15) is 0 Å². The van der Waals surface area contributed by atoms with Crippen LogP contribution in [0, 0.1) is 5.82 Å². The zero-order valence-corrected chi connectivity index (χ0v) is 14.6. The minimum atomic E-state index is -0.230. The van der Waals surface area contributed by atoms with E-state index in [4.69, 9.17) is 0 Å². The molecule has 1 aliphatic carbocycles. The predicted octanol–water partition coefficient (Wildman–Crippen LogP) is 3.53. The molecule has 132 valence electrons. The molecule has 0 spiro atoms. The highest BCUT2D eigenvalue weighted by molar-refractivity contribution is 5.57. The quantitative estimate of drug-likeness (QED) is 0.771. The van der Waals surface area contributed by atoms with E-state index < -0.39 is 0 Å². The van der Waals surface area contributed by atoms with Crippen LogP contribution >= 0.6 is 0 Å². The number of hydrogen-bond donors (Lipinski definition) is 1. The van der Waals surface area contributed by atoms with Gasteiger partial charge in [-0.3, -0.25) is 9.88 Å². The summed E-state index contributed by atoms with van der Waals surface area (Å²) in [5.41, 5.74) is 5.39. The number of aromatic amines is 1. The molecule has 0 saturated heterocycles. The predicted molar refractivity (Wildman–Crippen MR) is 98.1 cm³/mol. The lowest BCUT2D eigenvalue weighted by Gasteiger charge is -2.36. The van der Waals surface area contributed by atoms with Gasteiger partial charge >= 0.3 is 0 Å². The minimum absolute atomic E-state index is 0.230. The van der Waals surface area contributed by atoms with Crippen molar-refractivity contribution in [2.24, 2.45) is 0 Å². The Morgan fingerprint density at radius 3 is 2.92 bits per heavy atom. The molecule has 26 heavy (non-hydrogen) atoms. The number of benzene rings is 1. The number of nitrogens with one attached hydrogen (secondary N) is 1. The van der Waals surface area contributed by atoms with Crippen molar-refractivity contribution in [1.82, 2.24) is 19.9 Å². The number of pyridine rings is 1. The van der Waals surface area contributed by atoms with E-state index in [1.54, 1.807) is 12.1 Å². The van der Waals surface area contributed by atoms with Crippen molar-refractivity contribution in [3.05, 3.63) is 71.1 Å². The van der Waals surface area contributed by atoms with Gasteiger partial charge in [0.05, 0.1) is 17.0 Å². The molecule has 0 bridgehead atoms. The standard InChI is InChI=1S/C21H21FN4/c22-17-6-2-1-5-16(17)21-24-19-9-11-26(13-20(19)25-21)15-7-8-18-14(12-15)4-3-10-23-18/h1-6,10,15H,7-9,11-13H2,(H,24,25). The molecule has 1 atom stereocenters. The highest BCUT2D eigenvalue weighted by Gasteiger charge is 2.29. The maximum atomic E-state index is 14.1. The first-order valence-electron chi connectivity index (χ1n) is 9.27. The average molecular weight is 348 g/mol. The first-order valence-corrected chi connectivity index (χ1v) is 9.27. The Labute approximate surface area is 152 Å². The van der Waals surface area contributed by atoms with Gasteiger partial charge in [0.15, 0.2) is 0 Å². The first-order chi connectivity index (χ1) is 12.8. The fraction of sp³-hybridized carbons (Fsp3) is 0.333. The van der Waals surface area contributed by atoms with Gasteiger partial charge in [0.1, 0.15) is 11.6 Å². The Kier molecular flexibility index (Phi) is 3.82. The minimum Gasteiger partial charge on any atom is -0.340 e. The molecule has 2 aliphatic rings. The van der Waals surface area contributed by atoms with Gasteiger partial charge in [-0.1, -0.05) is 18.2 Å². The summed E-state index contributed by atoms with van der Waals surface area (Å²) in [6.45, 7) is 1.87. The molecule has 1 aromatic carbocycles. The molecule has 0 amide bonds. The average Bonchev–Trinajstić information content (AvgIpc) is 3.11. The maximum Gasteiger partial charge on any atom is 0.140 e. The molecule has 1 unspecified atom stereocenters. The molecule has 2 aromatic heterocycles. The molecule has 0 saturated carbocycles. The smallest absolute Gasteiger partial charge is 0.140 e. The van der Waals surface area contributed by atoms with E-state index in [0.717, 1.165) is 50.2 Å². The van der Waals surface area contributed by atoms with E-state index in [9.17, 15) is 4.39 Å². The Balaban J connectivity index is 1.37. The van der Waals surface area contributed by atoms with Crippen LogP contribution in [-0.2, 0) is 25.8 Å². The van der Waals surface area contributed by atoms with Crippen molar-refractivity contribution in [3.8, 4) is 11.4 Å². The maximum absolute atomic E-state index is 14.1. The molecule has 1 N–H and O–H groups in total. The number of halogens is 1. The molecular weight excluding hydrogens is 327 g/mol. The molecule has 4 nitrogen and oxygen atoms in total. The summed E-state index contributed by atoms with van der Waals surface area (Å²) >= 11 is 0. The van der Waals surface area contributed by atoms with E-state index >= 15 is 0 Å². The number of hydrogen-bond acceptors (Lipinski definition) is 3. The molecule has 0 radical (unpaired) electrons. The number of fused-ring (bicyclic) bond motifs is 2. The third-order valence-electron chi connectivity index (χ3n) is 5.66. The monoisotopic (exact) mass is 348 g/mol. The van der Waals surface area contributed by atoms with E-state index in [0.29, 0.717) is 17.4 Å². The van der Waals surface area contributed by atoms with Crippen LogP contribution in [0.1, 0.15) is 29.1 Å². The van der Waals surface area contributed by atoms with Gasteiger partial charge in [0.25, 0.3) is 0 Å². The summed E-state index contributed by atoms with van der Waals surface area (Å²) in [5.74, 6) is 0.417. The second-order valence-corrected chi connectivity index (χ2v) is 7.22. The van der Waals surface area contributed by atoms with Crippen molar-refractivity contribution in [1.29, 1.82) is 0 Å². The number of H-pyrrole nitrogens is 1. The largest absolute Gasteiger partial charge is 0.340 e. The summed E-state index contributed by atoms with van der Waals surface area (Å²) in [4.78, 5) is 15.1. The molecule has 3 aromatic rings. The van der Waals surface area contributed by atoms with Crippen LogP contribution in [0.4, 0.5) is 4.39 Å². The number of aryl methyl sites for hydroxylation is 1. The van der Waals surface area contributed by atoms with Crippen molar-refractivity contribution in [2.45, 2.75) is 38.3 Å². The van der Waals surface area contributed by atoms with Crippen molar-refractivity contribution in [3.63, 3.8) is 0 Å². The van der Waals surface area contributed by atoms with Crippen LogP contribution in [0.5, 0.6) is 0 Å². The number of nitrogens with zero attached hydrogens (tertiary/aromatic N) is 3. The second kappa shape index (κ2) is 6.32. The lowest BCUT2D eigenvalue weighted by molar-refractivity contribution is 0.160. The first kappa shape index (κ1) is 15.7. The van der Waals surface area contributed by atoms with E-state index in [1.807, 2.05) is 18.3 Å². The fourth-order valence-corrected chi connectivity index (χ4v) is 4.26. The summed E-state index contributed by atoms with van der Waals surface area (Å²) in [6.07, 6.45) is 6.06. The van der Waals surface area contributed by atoms with Gasteiger partial charge < -0.3 is 4.98 Å². The van der Waals surface area contributed by atoms with Crippen LogP contribution in [0.15, 0.2) is 42.6 Å². The van der Waals surface area contributed by atoms with Crippen LogP contribution < -0.4 is 0 Å². The second-order valence-electron chi connectivity index (χ2n) is 7.22. The normalized spacial score (nSPS) is 19.8. The third-order valence-corrected chi connectivity index (χ3v) is 5.66. The molecule has 3 heterocycles. The number of aromatic nitrogens is 3. The lowest BCUT2D eigenvalue weighted by Crippen LogP contribution is -2.42. The van der Waals surface area contributed by atoms with Gasteiger partial charge in [0, 0.05) is 37.4 Å². The Hall–Kier alpha value is -2.53. The van der Waals surface area contributed by atoms with Crippen molar-refractivity contribution < 1.29 is 4.39 Å². The molecule has 0 fully saturated rings. The van der Waals surface area contributed by atoms with Crippen molar-refractivity contribution in [2.75, 3.05) is 6.54 Å². The summed E-state index contributed by atoms with van der Waals surface area (Å²) in [7, 11) is 0.